The number of hydrogen-bond donors (Lipinski definition) is 1. The molecule has 0 bridgehead atoms. The van der Waals surface area contributed by atoms with Crippen molar-refractivity contribution in [1.29, 1.82) is 0 Å². The second-order valence-corrected chi connectivity index (χ2v) is 4.60. The number of amides is 1. The van der Waals surface area contributed by atoms with E-state index in [-0.39, 0.29) is 6.61 Å². The standard InChI is InChI=1S/C12H13F2NO2S/c1-15(8-11(13)14)12(17)10-6-5-9(18-10)4-2-3-7-16/h5-6,11,16H,3,7-8H2,1H3. The van der Waals surface area contributed by atoms with E-state index < -0.39 is 18.9 Å². The number of halogens is 2. The van der Waals surface area contributed by atoms with Gasteiger partial charge >= 0.3 is 0 Å². The molecular formula is C12H13F2NO2S. The minimum absolute atomic E-state index is 0.0126. The number of carbonyl (C=O) groups excluding carboxylic acids is 1. The molecule has 1 N–H and O–H groups in total. The highest BCUT2D eigenvalue weighted by molar-refractivity contribution is 7.14. The summed E-state index contributed by atoms with van der Waals surface area (Å²) in [4.78, 5) is 13.8. The van der Waals surface area contributed by atoms with Crippen LogP contribution in [0, 0.1) is 11.8 Å². The Morgan fingerprint density at radius 3 is 2.89 bits per heavy atom. The summed E-state index contributed by atoms with van der Waals surface area (Å²) in [5, 5.41) is 8.56. The summed E-state index contributed by atoms with van der Waals surface area (Å²) in [7, 11) is 1.34. The largest absolute Gasteiger partial charge is 0.395 e. The molecule has 1 amide bonds. The highest BCUT2D eigenvalue weighted by atomic mass is 32.1. The third-order valence-corrected chi connectivity index (χ3v) is 3.01. The lowest BCUT2D eigenvalue weighted by atomic mass is 10.3. The first-order chi connectivity index (χ1) is 8.54. The van der Waals surface area contributed by atoms with E-state index >= 15 is 0 Å². The third kappa shape index (κ3) is 4.43. The Balaban J connectivity index is 2.68. The second kappa shape index (κ2) is 7.09. The van der Waals surface area contributed by atoms with Gasteiger partial charge in [-0.25, -0.2) is 8.78 Å². The van der Waals surface area contributed by atoms with E-state index in [1.165, 1.54) is 7.05 Å². The van der Waals surface area contributed by atoms with Crippen molar-refractivity contribution in [2.75, 3.05) is 20.2 Å². The van der Waals surface area contributed by atoms with Crippen LogP contribution < -0.4 is 0 Å². The van der Waals surface area contributed by atoms with Gasteiger partial charge in [0, 0.05) is 13.5 Å². The molecule has 98 valence electrons. The number of nitrogens with zero attached hydrogens (tertiary/aromatic N) is 1. The molecule has 0 aliphatic rings. The van der Waals surface area contributed by atoms with Crippen molar-refractivity contribution < 1.29 is 18.7 Å². The molecule has 0 spiro atoms. The maximum Gasteiger partial charge on any atom is 0.263 e. The van der Waals surface area contributed by atoms with Gasteiger partial charge in [0.05, 0.1) is 22.9 Å². The first-order valence-corrected chi connectivity index (χ1v) is 6.09. The highest BCUT2D eigenvalue weighted by Crippen LogP contribution is 2.17. The van der Waals surface area contributed by atoms with Crippen molar-refractivity contribution >= 4 is 17.2 Å². The number of hydrogen-bond acceptors (Lipinski definition) is 3. The van der Waals surface area contributed by atoms with Crippen molar-refractivity contribution in [3.8, 4) is 11.8 Å². The average molecular weight is 273 g/mol. The molecule has 18 heavy (non-hydrogen) atoms. The van der Waals surface area contributed by atoms with Gasteiger partial charge in [-0.3, -0.25) is 4.79 Å². The molecule has 6 heteroatoms. The fourth-order valence-corrected chi connectivity index (χ4v) is 2.08. The van der Waals surface area contributed by atoms with Gasteiger partial charge in [-0.15, -0.1) is 11.3 Å². The van der Waals surface area contributed by atoms with Gasteiger partial charge in [-0.1, -0.05) is 11.8 Å². The normalized spacial score (nSPS) is 10.1. The summed E-state index contributed by atoms with van der Waals surface area (Å²) in [6.45, 7) is -0.594. The zero-order valence-corrected chi connectivity index (χ0v) is 10.6. The Bertz CT molecular complexity index is 462. The number of rotatable bonds is 4. The Kier molecular flexibility index (Phi) is 5.75. The Labute approximate surface area is 108 Å². The molecule has 3 nitrogen and oxygen atoms in total. The fraction of sp³-hybridized carbons (Fsp3) is 0.417. The van der Waals surface area contributed by atoms with Gasteiger partial charge in [-0.05, 0) is 12.1 Å². The molecule has 1 rings (SSSR count). The molecule has 0 aromatic carbocycles. The summed E-state index contributed by atoms with van der Waals surface area (Å²) in [6.07, 6.45) is -2.17. The molecule has 0 saturated heterocycles. The van der Waals surface area contributed by atoms with Gasteiger partial charge in [0.1, 0.15) is 0 Å². The minimum Gasteiger partial charge on any atom is -0.395 e. The lowest BCUT2D eigenvalue weighted by Crippen LogP contribution is -2.30. The summed E-state index contributed by atoms with van der Waals surface area (Å²) in [6, 6.07) is 3.23. The second-order valence-electron chi connectivity index (χ2n) is 3.52. The van der Waals surface area contributed by atoms with Crippen LogP contribution in [-0.4, -0.2) is 42.5 Å². The van der Waals surface area contributed by atoms with Crippen LogP contribution in [0.4, 0.5) is 8.78 Å². The zero-order valence-electron chi connectivity index (χ0n) is 9.82. The summed E-state index contributed by atoms with van der Waals surface area (Å²) < 4.78 is 24.3. The van der Waals surface area contributed by atoms with Gasteiger partial charge in [0.15, 0.2) is 0 Å². The predicted molar refractivity (Wildman–Crippen MR) is 65.9 cm³/mol. The van der Waals surface area contributed by atoms with E-state index in [2.05, 4.69) is 11.8 Å². The molecule has 0 unspecified atom stereocenters. The van der Waals surface area contributed by atoms with Crippen LogP contribution in [0.15, 0.2) is 12.1 Å². The van der Waals surface area contributed by atoms with Crippen LogP contribution in [0.5, 0.6) is 0 Å². The van der Waals surface area contributed by atoms with Crippen molar-refractivity contribution in [2.45, 2.75) is 12.8 Å². The molecule has 0 atom stereocenters. The zero-order chi connectivity index (χ0) is 13.5. The highest BCUT2D eigenvalue weighted by Gasteiger charge is 2.17. The smallest absolute Gasteiger partial charge is 0.263 e. The van der Waals surface area contributed by atoms with E-state index in [4.69, 9.17) is 5.11 Å². The van der Waals surface area contributed by atoms with Gasteiger partial charge in [0.2, 0.25) is 0 Å². The van der Waals surface area contributed by atoms with E-state index in [1.54, 1.807) is 12.1 Å². The van der Waals surface area contributed by atoms with Crippen LogP contribution in [0.2, 0.25) is 0 Å². The van der Waals surface area contributed by atoms with E-state index in [9.17, 15) is 13.6 Å². The summed E-state index contributed by atoms with van der Waals surface area (Å²) in [5.41, 5.74) is 0. The topological polar surface area (TPSA) is 40.5 Å². The molecule has 0 radical (unpaired) electrons. The Hall–Kier alpha value is -1.45. The Morgan fingerprint density at radius 1 is 1.56 bits per heavy atom. The van der Waals surface area contributed by atoms with E-state index in [1.807, 2.05) is 0 Å². The van der Waals surface area contributed by atoms with Gasteiger partial charge in [0.25, 0.3) is 12.3 Å². The maximum absolute atomic E-state index is 12.1. The molecule has 1 aromatic rings. The maximum atomic E-state index is 12.1. The molecule has 1 heterocycles. The van der Waals surface area contributed by atoms with Crippen LogP contribution in [0.1, 0.15) is 21.0 Å². The van der Waals surface area contributed by atoms with Crippen LogP contribution in [-0.2, 0) is 0 Å². The first kappa shape index (κ1) is 14.6. The quantitative estimate of drug-likeness (QED) is 0.850. The number of carbonyl (C=O) groups is 1. The van der Waals surface area contributed by atoms with Crippen LogP contribution in [0.25, 0.3) is 0 Å². The molecule has 0 aliphatic carbocycles. The van der Waals surface area contributed by atoms with Crippen molar-refractivity contribution in [2.24, 2.45) is 0 Å². The number of aliphatic hydroxyl groups excluding tert-OH is 1. The SMILES string of the molecule is CN(CC(F)F)C(=O)c1ccc(C#CCCO)s1. The van der Waals surface area contributed by atoms with Crippen molar-refractivity contribution in [3.63, 3.8) is 0 Å². The van der Waals surface area contributed by atoms with Gasteiger partial charge < -0.3 is 10.0 Å². The van der Waals surface area contributed by atoms with Crippen LogP contribution in [0.3, 0.4) is 0 Å². The predicted octanol–water partition coefficient (Wildman–Crippen LogP) is 1.82. The van der Waals surface area contributed by atoms with Crippen LogP contribution >= 0.6 is 11.3 Å². The summed E-state index contributed by atoms with van der Waals surface area (Å²) in [5.74, 6) is 5.09. The fourth-order valence-electron chi connectivity index (χ4n) is 1.20. The van der Waals surface area contributed by atoms with Crippen molar-refractivity contribution in [3.05, 3.63) is 21.9 Å². The van der Waals surface area contributed by atoms with Crippen molar-refractivity contribution in [1.82, 2.24) is 4.90 Å². The average Bonchev–Trinajstić information content (AvgIpc) is 2.76. The van der Waals surface area contributed by atoms with E-state index in [0.717, 1.165) is 16.2 Å². The minimum atomic E-state index is -2.54. The first-order valence-electron chi connectivity index (χ1n) is 5.27. The number of thiophene rings is 1. The Morgan fingerprint density at radius 2 is 2.28 bits per heavy atom. The molecule has 0 fully saturated rings. The molecular weight excluding hydrogens is 260 g/mol. The summed E-state index contributed by atoms with van der Waals surface area (Å²) >= 11 is 1.16. The van der Waals surface area contributed by atoms with E-state index in [0.29, 0.717) is 16.2 Å². The number of aliphatic hydroxyl groups is 1. The molecule has 0 saturated carbocycles. The lowest BCUT2D eigenvalue weighted by Gasteiger charge is -2.14. The monoisotopic (exact) mass is 273 g/mol. The lowest BCUT2D eigenvalue weighted by molar-refractivity contribution is 0.0624. The molecule has 1 aromatic heterocycles. The molecule has 0 aliphatic heterocycles. The number of alkyl halides is 2. The third-order valence-electron chi connectivity index (χ3n) is 2.02. The van der Waals surface area contributed by atoms with Gasteiger partial charge in [-0.2, -0.15) is 0 Å².